The van der Waals surface area contributed by atoms with E-state index in [0.29, 0.717) is 11.5 Å². The van der Waals surface area contributed by atoms with Gasteiger partial charge in [-0.2, -0.15) is 0 Å². The van der Waals surface area contributed by atoms with Gasteiger partial charge in [-0.3, -0.25) is 4.40 Å². The van der Waals surface area contributed by atoms with Crippen molar-refractivity contribution in [3.8, 4) is 22.4 Å². The van der Waals surface area contributed by atoms with Crippen molar-refractivity contribution in [2.45, 2.75) is 44.2 Å². The maximum absolute atomic E-state index is 10.5. The predicted octanol–water partition coefficient (Wildman–Crippen LogP) is 5.18. The largest absolute Gasteiger partial charge is 0.382 e. The number of fused-ring (bicyclic) bond motifs is 3. The van der Waals surface area contributed by atoms with Crippen LogP contribution in [-0.2, 0) is 11.1 Å². The number of nitrogens with two attached hydrogens (primary N) is 1. The first-order valence-electron chi connectivity index (χ1n) is 11.7. The van der Waals surface area contributed by atoms with Crippen LogP contribution >= 0.6 is 0 Å². The molecule has 6 rings (SSSR count). The molecule has 34 heavy (non-hydrogen) atoms. The molecule has 3 heterocycles. The van der Waals surface area contributed by atoms with Crippen LogP contribution in [0, 0.1) is 0 Å². The smallest absolute Gasteiger partial charge is 0.170 e. The number of nitrogens with zero attached hydrogens (tertiary/aromatic N) is 4. The zero-order valence-corrected chi connectivity index (χ0v) is 19.4. The third-order valence-electron chi connectivity index (χ3n) is 6.98. The highest BCUT2D eigenvalue weighted by Gasteiger charge is 2.34. The molecule has 0 radical (unpaired) electrons. The lowest BCUT2D eigenvalue weighted by Gasteiger charge is -2.38. The number of rotatable bonds is 4. The molecule has 5 aromatic rings. The minimum Gasteiger partial charge on any atom is -0.382 e. The first-order valence-corrected chi connectivity index (χ1v) is 11.7. The van der Waals surface area contributed by atoms with E-state index in [0.717, 1.165) is 46.1 Å². The SMILES string of the molecule is CC(C)(O)c1nnc2c3cc(-c4ccccc4)c(-c4ccc(C5(N)CCC5)cc4)nc3ccn12. The Morgan fingerprint density at radius 2 is 1.68 bits per heavy atom. The van der Waals surface area contributed by atoms with Crippen LogP contribution in [0.2, 0.25) is 0 Å². The van der Waals surface area contributed by atoms with Crippen LogP contribution in [-0.4, -0.2) is 24.7 Å². The van der Waals surface area contributed by atoms with Gasteiger partial charge in [-0.1, -0.05) is 54.6 Å². The van der Waals surface area contributed by atoms with Gasteiger partial charge in [0.05, 0.1) is 11.2 Å². The molecular formula is C28H27N5O. The van der Waals surface area contributed by atoms with Crippen molar-refractivity contribution in [1.29, 1.82) is 0 Å². The van der Waals surface area contributed by atoms with E-state index < -0.39 is 5.60 Å². The third kappa shape index (κ3) is 3.30. The van der Waals surface area contributed by atoms with Crippen molar-refractivity contribution >= 4 is 16.6 Å². The fourth-order valence-corrected chi connectivity index (χ4v) is 4.88. The number of aromatic nitrogens is 4. The van der Waals surface area contributed by atoms with Crippen LogP contribution in [0.5, 0.6) is 0 Å². The third-order valence-corrected chi connectivity index (χ3v) is 6.98. The van der Waals surface area contributed by atoms with Crippen LogP contribution in [0.3, 0.4) is 0 Å². The molecule has 6 heteroatoms. The van der Waals surface area contributed by atoms with Crippen molar-refractivity contribution in [2.24, 2.45) is 5.73 Å². The van der Waals surface area contributed by atoms with Crippen molar-refractivity contribution in [1.82, 2.24) is 19.6 Å². The maximum atomic E-state index is 10.5. The van der Waals surface area contributed by atoms with Crippen molar-refractivity contribution in [3.05, 3.63) is 84.3 Å². The van der Waals surface area contributed by atoms with E-state index >= 15 is 0 Å². The summed E-state index contributed by atoms with van der Waals surface area (Å²) < 4.78 is 1.84. The van der Waals surface area contributed by atoms with Gasteiger partial charge in [-0.05, 0) is 56.4 Å². The molecule has 0 unspecified atom stereocenters. The van der Waals surface area contributed by atoms with Crippen LogP contribution in [0.4, 0.5) is 0 Å². The lowest BCUT2D eigenvalue weighted by Crippen LogP contribution is -2.43. The molecule has 2 aromatic carbocycles. The minimum absolute atomic E-state index is 0.185. The molecule has 3 aromatic heterocycles. The highest BCUT2D eigenvalue weighted by atomic mass is 16.3. The van der Waals surface area contributed by atoms with Gasteiger partial charge >= 0.3 is 0 Å². The molecule has 0 saturated heterocycles. The Kier molecular flexibility index (Phi) is 4.59. The second-order valence-electron chi connectivity index (χ2n) is 9.86. The molecule has 0 spiro atoms. The molecule has 1 fully saturated rings. The van der Waals surface area contributed by atoms with Crippen LogP contribution in [0.1, 0.15) is 44.5 Å². The highest BCUT2D eigenvalue weighted by molar-refractivity contribution is 5.98. The van der Waals surface area contributed by atoms with Gasteiger partial charge < -0.3 is 10.8 Å². The summed E-state index contributed by atoms with van der Waals surface area (Å²) in [6.45, 7) is 3.42. The fourth-order valence-electron chi connectivity index (χ4n) is 4.88. The Morgan fingerprint density at radius 3 is 2.32 bits per heavy atom. The van der Waals surface area contributed by atoms with E-state index in [1.165, 1.54) is 12.0 Å². The summed E-state index contributed by atoms with van der Waals surface area (Å²) in [7, 11) is 0. The van der Waals surface area contributed by atoms with E-state index in [4.69, 9.17) is 10.7 Å². The number of aliphatic hydroxyl groups is 1. The molecule has 1 aliphatic rings. The van der Waals surface area contributed by atoms with E-state index in [1.807, 2.05) is 34.9 Å². The van der Waals surface area contributed by atoms with Gasteiger partial charge in [0.2, 0.25) is 0 Å². The van der Waals surface area contributed by atoms with Crippen LogP contribution in [0.15, 0.2) is 72.9 Å². The lowest BCUT2D eigenvalue weighted by molar-refractivity contribution is 0.0676. The van der Waals surface area contributed by atoms with Gasteiger partial charge in [0, 0.05) is 28.2 Å². The summed E-state index contributed by atoms with van der Waals surface area (Å²) in [4.78, 5) is 5.09. The summed E-state index contributed by atoms with van der Waals surface area (Å²) in [5, 5.41) is 20.1. The molecule has 1 aliphatic carbocycles. The minimum atomic E-state index is -1.11. The average Bonchev–Trinajstić information content (AvgIpc) is 3.28. The summed E-state index contributed by atoms with van der Waals surface area (Å²) in [5.41, 5.74) is 12.0. The van der Waals surface area contributed by atoms with Crippen molar-refractivity contribution in [2.75, 3.05) is 0 Å². The topological polar surface area (TPSA) is 89.3 Å². The Hall–Kier alpha value is -3.61. The molecular weight excluding hydrogens is 422 g/mol. The number of hydrogen-bond donors (Lipinski definition) is 2. The summed E-state index contributed by atoms with van der Waals surface area (Å²) >= 11 is 0. The molecule has 170 valence electrons. The standard InChI is InChI=1S/C28H27N5O/c1-27(2,34)26-32-31-25-22-17-21(18-7-4-3-5-8-18)24(30-23(22)13-16-33(25)26)19-9-11-20(12-10-19)28(29)14-6-15-28/h3-5,7-13,16-17,34H,6,14-15,29H2,1-2H3. The van der Waals surface area contributed by atoms with Gasteiger partial charge in [0.15, 0.2) is 11.5 Å². The van der Waals surface area contributed by atoms with E-state index in [-0.39, 0.29) is 5.54 Å². The van der Waals surface area contributed by atoms with E-state index in [1.54, 1.807) is 13.8 Å². The quantitative estimate of drug-likeness (QED) is 0.395. The summed E-state index contributed by atoms with van der Waals surface area (Å²) in [6, 6.07) is 22.9. The zero-order chi connectivity index (χ0) is 23.5. The van der Waals surface area contributed by atoms with Gasteiger partial charge in [-0.25, -0.2) is 4.98 Å². The monoisotopic (exact) mass is 449 g/mol. The number of pyridine rings is 2. The van der Waals surface area contributed by atoms with Crippen LogP contribution in [0.25, 0.3) is 38.9 Å². The first-order chi connectivity index (χ1) is 16.3. The molecule has 1 saturated carbocycles. The molecule has 0 amide bonds. The molecule has 0 aliphatic heterocycles. The van der Waals surface area contributed by atoms with E-state index in [9.17, 15) is 5.11 Å². The maximum Gasteiger partial charge on any atom is 0.170 e. The Balaban J connectivity index is 1.57. The predicted molar refractivity (Wildman–Crippen MR) is 134 cm³/mol. The molecule has 6 nitrogen and oxygen atoms in total. The Labute approximate surface area is 198 Å². The number of benzene rings is 2. The molecule has 0 bridgehead atoms. The van der Waals surface area contributed by atoms with Crippen molar-refractivity contribution < 1.29 is 5.11 Å². The Bertz CT molecular complexity index is 1510. The normalized spacial score (nSPS) is 15.5. The second kappa shape index (κ2) is 7.45. The van der Waals surface area contributed by atoms with E-state index in [2.05, 4.69) is 52.7 Å². The fraction of sp³-hybridized carbons (Fsp3) is 0.250. The number of hydrogen-bond acceptors (Lipinski definition) is 5. The second-order valence-corrected chi connectivity index (χ2v) is 9.86. The summed E-state index contributed by atoms with van der Waals surface area (Å²) in [5.74, 6) is 0.497. The van der Waals surface area contributed by atoms with Gasteiger partial charge in [-0.15, -0.1) is 10.2 Å². The Morgan fingerprint density at radius 1 is 0.941 bits per heavy atom. The molecule has 0 atom stereocenters. The lowest BCUT2D eigenvalue weighted by atomic mass is 9.72. The first kappa shape index (κ1) is 21.0. The zero-order valence-electron chi connectivity index (χ0n) is 19.4. The highest BCUT2D eigenvalue weighted by Crippen LogP contribution is 2.40. The van der Waals surface area contributed by atoms with Crippen molar-refractivity contribution in [3.63, 3.8) is 0 Å². The molecule has 3 N–H and O–H groups in total. The van der Waals surface area contributed by atoms with Crippen LogP contribution < -0.4 is 5.73 Å². The van der Waals surface area contributed by atoms with Gasteiger partial charge in [0.1, 0.15) is 5.60 Å². The summed E-state index contributed by atoms with van der Waals surface area (Å²) in [6.07, 6.45) is 5.14. The van der Waals surface area contributed by atoms with Gasteiger partial charge in [0.25, 0.3) is 0 Å². The average molecular weight is 450 g/mol.